The van der Waals surface area contributed by atoms with Crippen LogP contribution in [0.5, 0.6) is 5.75 Å². The number of hydrogen-bond donors (Lipinski definition) is 2. The number of aliphatic carboxylic acids is 1. The second kappa shape index (κ2) is 6.03. The van der Waals surface area contributed by atoms with Crippen molar-refractivity contribution in [2.24, 2.45) is 5.92 Å². The number of rotatable bonds is 3. The van der Waals surface area contributed by atoms with Gasteiger partial charge in [0.25, 0.3) is 0 Å². The van der Waals surface area contributed by atoms with Crippen LogP contribution in [0.25, 0.3) is 0 Å². The van der Waals surface area contributed by atoms with Crippen LogP contribution in [0.15, 0.2) is 24.3 Å². The number of phenols is 1. The molecule has 6 heteroatoms. The number of amides is 2. The largest absolute Gasteiger partial charge is 0.508 e. The molecule has 0 spiro atoms. The number of phenolic OH excluding ortho intramolecular Hbond substituents is 1. The van der Waals surface area contributed by atoms with Gasteiger partial charge in [0.1, 0.15) is 5.75 Å². The number of urea groups is 1. The molecule has 1 fully saturated rings. The number of carbonyl (C=O) groups is 2. The van der Waals surface area contributed by atoms with Gasteiger partial charge in [-0.05, 0) is 32.4 Å². The fourth-order valence-corrected chi connectivity index (χ4v) is 2.78. The average Bonchev–Trinajstić information content (AvgIpc) is 2.81. The first-order valence-electron chi connectivity index (χ1n) is 7.05. The van der Waals surface area contributed by atoms with Gasteiger partial charge in [-0.25, -0.2) is 4.79 Å². The van der Waals surface area contributed by atoms with E-state index in [0.717, 1.165) is 0 Å². The van der Waals surface area contributed by atoms with Gasteiger partial charge in [0.15, 0.2) is 0 Å². The monoisotopic (exact) mass is 292 g/mol. The van der Waals surface area contributed by atoms with Crippen molar-refractivity contribution < 1.29 is 19.8 Å². The SMILES string of the molecule is CCN(C(=O)N1CCC(C(=O)O)C1C)c1cccc(O)c1. The average molecular weight is 292 g/mol. The van der Waals surface area contributed by atoms with Crippen molar-refractivity contribution in [1.29, 1.82) is 0 Å². The Hall–Kier alpha value is -2.24. The predicted molar refractivity (Wildman–Crippen MR) is 78.4 cm³/mol. The fraction of sp³-hybridized carbons (Fsp3) is 0.467. The van der Waals surface area contributed by atoms with Crippen LogP contribution in [0.2, 0.25) is 0 Å². The second-order valence-electron chi connectivity index (χ2n) is 5.21. The third-order valence-corrected chi connectivity index (χ3v) is 4.01. The fourth-order valence-electron chi connectivity index (χ4n) is 2.78. The molecule has 6 nitrogen and oxygen atoms in total. The molecule has 0 aromatic heterocycles. The summed E-state index contributed by atoms with van der Waals surface area (Å²) in [6.45, 7) is 4.49. The molecule has 2 rings (SSSR count). The highest BCUT2D eigenvalue weighted by atomic mass is 16.4. The number of nitrogens with zero attached hydrogens (tertiary/aromatic N) is 2. The topological polar surface area (TPSA) is 81.1 Å². The lowest BCUT2D eigenvalue weighted by atomic mass is 10.0. The summed E-state index contributed by atoms with van der Waals surface area (Å²) in [6.07, 6.45) is 0.472. The van der Waals surface area contributed by atoms with Gasteiger partial charge in [0, 0.05) is 30.9 Å². The number of carbonyl (C=O) groups excluding carboxylic acids is 1. The van der Waals surface area contributed by atoms with Crippen LogP contribution < -0.4 is 4.90 Å². The van der Waals surface area contributed by atoms with E-state index in [1.54, 1.807) is 34.9 Å². The molecule has 1 heterocycles. The van der Waals surface area contributed by atoms with Gasteiger partial charge in [0.2, 0.25) is 0 Å². The smallest absolute Gasteiger partial charge is 0.324 e. The van der Waals surface area contributed by atoms with E-state index in [4.69, 9.17) is 5.11 Å². The standard InChI is InChI=1S/C15H20N2O4/c1-3-16(11-5-4-6-12(18)9-11)15(21)17-8-7-13(10(17)2)14(19)20/h4-6,9-10,13,18H,3,7-8H2,1-2H3,(H,19,20). The van der Waals surface area contributed by atoms with E-state index in [0.29, 0.717) is 25.2 Å². The Morgan fingerprint density at radius 3 is 2.67 bits per heavy atom. The summed E-state index contributed by atoms with van der Waals surface area (Å²) in [5.74, 6) is -1.29. The minimum absolute atomic E-state index is 0.0941. The van der Waals surface area contributed by atoms with Gasteiger partial charge in [-0.2, -0.15) is 0 Å². The van der Waals surface area contributed by atoms with Crippen molar-refractivity contribution >= 4 is 17.7 Å². The van der Waals surface area contributed by atoms with Gasteiger partial charge >= 0.3 is 12.0 Å². The van der Waals surface area contributed by atoms with Crippen LogP contribution in [-0.4, -0.2) is 46.2 Å². The van der Waals surface area contributed by atoms with Crippen molar-refractivity contribution in [3.63, 3.8) is 0 Å². The molecule has 0 aliphatic carbocycles. The summed E-state index contributed by atoms with van der Waals surface area (Å²) in [6, 6.07) is 5.93. The maximum Gasteiger partial charge on any atom is 0.324 e. The van der Waals surface area contributed by atoms with E-state index in [9.17, 15) is 14.7 Å². The first-order valence-corrected chi connectivity index (χ1v) is 7.05. The molecule has 2 N–H and O–H groups in total. The first-order chi connectivity index (χ1) is 9.95. The number of carboxylic acid groups (broad SMARTS) is 1. The zero-order valence-corrected chi connectivity index (χ0v) is 12.2. The van der Waals surface area contributed by atoms with Gasteiger partial charge in [-0.1, -0.05) is 6.07 Å². The number of hydrogen-bond acceptors (Lipinski definition) is 3. The molecule has 1 aliphatic rings. The van der Waals surface area contributed by atoms with E-state index in [-0.39, 0.29) is 17.8 Å². The van der Waals surface area contributed by atoms with Crippen LogP contribution in [0.4, 0.5) is 10.5 Å². The summed E-state index contributed by atoms with van der Waals surface area (Å²) < 4.78 is 0. The number of likely N-dealkylation sites (tertiary alicyclic amines) is 1. The molecule has 2 amide bonds. The van der Waals surface area contributed by atoms with Crippen molar-refractivity contribution in [3.8, 4) is 5.75 Å². The Morgan fingerprint density at radius 2 is 2.14 bits per heavy atom. The van der Waals surface area contributed by atoms with Crippen LogP contribution in [0, 0.1) is 5.92 Å². The van der Waals surface area contributed by atoms with Gasteiger partial charge in [0.05, 0.1) is 5.92 Å². The molecule has 1 aromatic carbocycles. The summed E-state index contributed by atoms with van der Waals surface area (Å²) in [5, 5.41) is 18.7. The lowest BCUT2D eigenvalue weighted by molar-refractivity contribution is -0.142. The Bertz CT molecular complexity index is 546. The Balaban J connectivity index is 2.20. The van der Waals surface area contributed by atoms with Crippen molar-refractivity contribution in [1.82, 2.24) is 4.90 Å². The highest BCUT2D eigenvalue weighted by molar-refractivity contribution is 5.93. The third kappa shape index (κ3) is 2.94. The van der Waals surface area contributed by atoms with E-state index in [2.05, 4.69) is 0 Å². The third-order valence-electron chi connectivity index (χ3n) is 4.01. The van der Waals surface area contributed by atoms with Crippen molar-refractivity contribution in [2.75, 3.05) is 18.0 Å². The van der Waals surface area contributed by atoms with E-state index in [1.165, 1.54) is 6.07 Å². The van der Waals surface area contributed by atoms with E-state index in [1.807, 2.05) is 6.92 Å². The molecule has 1 aliphatic heterocycles. The maximum absolute atomic E-state index is 12.6. The number of carboxylic acids is 1. The molecular weight excluding hydrogens is 272 g/mol. The summed E-state index contributed by atoms with van der Waals surface area (Å²) >= 11 is 0. The summed E-state index contributed by atoms with van der Waals surface area (Å²) in [4.78, 5) is 26.9. The molecule has 0 radical (unpaired) electrons. The molecular formula is C15H20N2O4. The quantitative estimate of drug-likeness (QED) is 0.894. The van der Waals surface area contributed by atoms with Crippen LogP contribution >= 0.6 is 0 Å². The maximum atomic E-state index is 12.6. The van der Waals surface area contributed by atoms with Gasteiger partial charge in [-0.15, -0.1) is 0 Å². The highest BCUT2D eigenvalue weighted by Gasteiger charge is 2.39. The molecule has 1 saturated heterocycles. The number of benzene rings is 1. The van der Waals surface area contributed by atoms with Gasteiger partial charge < -0.3 is 15.1 Å². The first kappa shape index (κ1) is 15.2. The summed E-state index contributed by atoms with van der Waals surface area (Å²) in [7, 11) is 0. The Morgan fingerprint density at radius 1 is 1.43 bits per heavy atom. The zero-order chi connectivity index (χ0) is 15.6. The molecule has 1 aromatic rings. The number of aromatic hydroxyl groups is 1. The van der Waals surface area contributed by atoms with Crippen molar-refractivity contribution in [3.05, 3.63) is 24.3 Å². The second-order valence-corrected chi connectivity index (χ2v) is 5.21. The van der Waals surface area contributed by atoms with E-state index >= 15 is 0 Å². The minimum Gasteiger partial charge on any atom is -0.508 e. The zero-order valence-electron chi connectivity index (χ0n) is 12.2. The minimum atomic E-state index is -0.863. The lowest BCUT2D eigenvalue weighted by Gasteiger charge is -2.30. The highest BCUT2D eigenvalue weighted by Crippen LogP contribution is 2.28. The molecule has 0 saturated carbocycles. The Labute approximate surface area is 123 Å². The van der Waals surface area contributed by atoms with Crippen LogP contribution in [0.3, 0.4) is 0 Å². The van der Waals surface area contributed by atoms with Crippen LogP contribution in [0.1, 0.15) is 20.3 Å². The normalized spacial score (nSPS) is 21.3. The molecule has 114 valence electrons. The molecule has 0 bridgehead atoms. The lowest BCUT2D eigenvalue weighted by Crippen LogP contribution is -2.46. The van der Waals surface area contributed by atoms with Gasteiger partial charge in [-0.3, -0.25) is 9.69 Å². The van der Waals surface area contributed by atoms with E-state index < -0.39 is 11.9 Å². The Kier molecular flexibility index (Phi) is 4.35. The molecule has 2 unspecified atom stereocenters. The number of anilines is 1. The van der Waals surface area contributed by atoms with Crippen LogP contribution in [-0.2, 0) is 4.79 Å². The predicted octanol–water partition coefficient (Wildman–Crippen LogP) is 2.13. The molecule has 21 heavy (non-hydrogen) atoms. The summed E-state index contributed by atoms with van der Waals surface area (Å²) in [5.41, 5.74) is 0.605. The molecule has 2 atom stereocenters. The van der Waals surface area contributed by atoms with Crippen molar-refractivity contribution in [2.45, 2.75) is 26.3 Å².